The van der Waals surface area contributed by atoms with Crippen molar-refractivity contribution in [3.05, 3.63) is 35.4 Å². The summed E-state index contributed by atoms with van der Waals surface area (Å²) in [6, 6.07) is 8.88. The minimum absolute atomic E-state index is 0.162. The summed E-state index contributed by atoms with van der Waals surface area (Å²) in [5.74, 6) is 0. The molecule has 1 aromatic carbocycles. The Hall–Kier alpha value is -0.900. The summed E-state index contributed by atoms with van der Waals surface area (Å²) >= 11 is 0. The maximum absolute atomic E-state index is 6.21. The summed E-state index contributed by atoms with van der Waals surface area (Å²) in [6.07, 6.45) is 3.64. The van der Waals surface area contributed by atoms with E-state index in [9.17, 15) is 0 Å². The average molecular weight is 289 g/mol. The van der Waals surface area contributed by atoms with Gasteiger partial charge in [-0.1, -0.05) is 36.8 Å². The predicted molar refractivity (Wildman–Crippen MR) is 90.4 cm³/mol. The van der Waals surface area contributed by atoms with Crippen molar-refractivity contribution in [1.29, 1.82) is 0 Å². The van der Waals surface area contributed by atoms with Crippen LogP contribution < -0.4 is 5.73 Å². The highest BCUT2D eigenvalue weighted by molar-refractivity contribution is 5.21. The first kappa shape index (κ1) is 16.5. The molecule has 0 aromatic heterocycles. The molecule has 2 N–H and O–H groups in total. The lowest BCUT2D eigenvalue weighted by Gasteiger charge is -2.41. The number of aryl methyl sites for hydroxylation is 1. The minimum Gasteiger partial charge on any atom is -0.329 e. The Kier molecular flexibility index (Phi) is 5.80. The molecule has 1 aromatic rings. The Morgan fingerprint density at radius 3 is 2.52 bits per heavy atom. The number of hydrogen-bond donors (Lipinski definition) is 1. The quantitative estimate of drug-likeness (QED) is 0.904. The van der Waals surface area contributed by atoms with Gasteiger partial charge in [-0.3, -0.25) is 4.90 Å². The minimum atomic E-state index is 0.162. The van der Waals surface area contributed by atoms with Gasteiger partial charge in [0.15, 0.2) is 0 Å². The average Bonchev–Trinajstić information content (AvgIpc) is 2.72. The van der Waals surface area contributed by atoms with Gasteiger partial charge >= 0.3 is 0 Å². The van der Waals surface area contributed by atoms with Gasteiger partial charge in [0.25, 0.3) is 0 Å². The molecule has 1 unspecified atom stereocenters. The first-order valence-electron chi connectivity index (χ1n) is 8.29. The molecular weight excluding hydrogens is 258 g/mol. The molecule has 1 heterocycles. The first-order chi connectivity index (χ1) is 10.1. The summed E-state index contributed by atoms with van der Waals surface area (Å²) < 4.78 is 0. The van der Waals surface area contributed by atoms with Gasteiger partial charge in [-0.05, 0) is 58.4 Å². The van der Waals surface area contributed by atoms with Gasteiger partial charge in [0, 0.05) is 18.6 Å². The van der Waals surface area contributed by atoms with Crippen LogP contribution in [0.5, 0.6) is 0 Å². The number of hydrogen-bond acceptors (Lipinski definition) is 3. The van der Waals surface area contributed by atoms with E-state index in [0.717, 1.165) is 19.6 Å². The molecule has 1 saturated heterocycles. The van der Waals surface area contributed by atoms with Crippen molar-refractivity contribution in [2.45, 2.75) is 45.2 Å². The van der Waals surface area contributed by atoms with Crippen LogP contribution in [0.2, 0.25) is 0 Å². The highest BCUT2D eigenvalue weighted by atomic mass is 15.2. The second-order valence-corrected chi connectivity index (χ2v) is 6.56. The molecule has 0 saturated carbocycles. The Labute approximate surface area is 130 Å². The van der Waals surface area contributed by atoms with Crippen molar-refractivity contribution in [2.75, 3.05) is 33.2 Å². The van der Waals surface area contributed by atoms with E-state index in [2.05, 4.69) is 55.0 Å². The van der Waals surface area contributed by atoms with E-state index in [0.29, 0.717) is 0 Å². The van der Waals surface area contributed by atoms with E-state index in [-0.39, 0.29) is 5.54 Å². The lowest BCUT2D eigenvalue weighted by Crippen LogP contribution is -2.52. The molecule has 1 aliphatic rings. The third kappa shape index (κ3) is 4.06. The highest BCUT2D eigenvalue weighted by Crippen LogP contribution is 2.28. The number of likely N-dealkylation sites (N-methyl/N-ethyl adjacent to an activating group) is 1. The molecule has 0 amide bonds. The topological polar surface area (TPSA) is 32.5 Å². The fourth-order valence-corrected chi connectivity index (χ4v) is 3.43. The van der Waals surface area contributed by atoms with Crippen LogP contribution in [0.25, 0.3) is 0 Å². The molecule has 21 heavy (non-hydrogen) atoms. The largest absolute Gasteiger partial charge is 0.329 e. The maximum atomic E-state index is 6.21. The normalized spacial score (nSPS) is 24.2. The maximum Gasteiger partial charge on any atom is 0.0344 e. The van der Waals surface area contributed by atoms with Gasteiger partial charge in [-0.15, -0.1) is 0 Å². The molecule has 3 nitrogen and oxygen atoms in total. The Bertz CT molecular complexity index is 429. The number of nitrogens with two attached hydrogens (primary N) is 1. The molecule has 118 valence electrons. The summed E-state index contributed by atoms with van der Waals surface area (Å²) in [7, 11) is 2.24. The number of nitrogens with zero attached hydrogens (tertiary/aromatic N) is 2. The fourth-order valence-electron chi connectivity index (χ4n) is 3.43. The molecule has 0 spiro atoms. The third-order valence-electron chi connectivity index (χ3n) is 5.19. The summed E-state index contributed by atoms with van der Waals surface area (Å²) in [4.78, 5) is 5.05. The van der Waals surface area contributed by atoms with Crippen LogP contribution >= 0.6 is 0 Å². The van der Waals surface area contributed by atoms with Gasteiger partial charge in [0.2, 0.25) is 0 Å². The lowest BCUT2D eigenvalue weighted by molar-refractivity contribution is 0.0994. The standard InChI is InChI=1S/C18H31N3/c1-4-21-12-5-10-18(15-19,11-13-21)20(3)14-17-8-6-16(2)7-9-17/h6-9H,4-5,10-15,19H2,1-3H3. The van der Waals surface area contributed by atoms with Gasteiger partial charge in [-0.25, -0.2) is 0 Å². The molecule has 1 fully saturated rings. The van der Waals surface area contributed by atoms with Crippen LogP contribution in [-0.2, 0) is 6.54 Å². The molecule has 0 aliphatic carbocycles. The van der Waals surface area contributed by atoms with E-state index >= 15 is 0 Å². The van der Waals surface area contributed by atoms with Crippen LogP contribution in [0.3, 0.4) is 0 Å². The molecule has 0 radical (unpaired) electrons. The molecule has 1 atom stereocenters. The smallest absolute Gasteiger partial charge is 0.0344 e. The predicted octanol–water partition coefficient (Wildman–Crippen LogP) is 2.63. The third-order valence-corrected chi connectivity index (χ3v) is 5.19. The van der Waals surface area contributed by atoms with Crippen LogP contribution in [0.15, 0.2) is 24.3 Å². The van der Waals surface area contributed by atoms with E-state index in [1.54, 1.807) is 0 Å². The van der Waals surface area contributed by atoms with E-state index in [4.69, 9.17) is 5.73 Å². The molecule has 0 bridgehead atoms. The SMILES string of the molecule is CCN1CCCC(CN)(N(C)Cc2ccc(C)cc2)CC1. The first-order valence-corrected chi connectivity index (χ1v) is 8.29. The van der Waals surface area contributed by atoms with Gasteiger partial charge in [0.1, 0.15) is 0 Å². The zero-order valence-corrected chi connectivity index (χ0v) is 13.9. The molecule has 3 heteroatoms. The second kappa shape index (κ2) is 7.39. The van der Waals surface area contributed by atoms with E-state index < -0.39 is 0 Å². The Balaban J connectivity index is 2.06. The van der Waals surface area contributed by atoms with Crippen molar-refractivity contribution in [1.82, 2.24) is 9.80 Å². The van der Waals surface area contributed by atoms with E-state index in [1.165, 1.54) is 43.5 Å². The Morgan fingerprint density at radius 1 is 1.19 bits per heavy atom. The molecule has 1 aliphatic heterocycles. The zero-order chi connectivity index (χ0) is 15.3. The summed E-state index contributed by atoms with van der Waals surface area (Å²) in [5.41, 5.74) is 9.08. The number of likely N-dealkylation sites (tertiary alicyclic amines) is 1. The summed E-state index contributed by atoms with van der Waals surface area (Å²) in [6.45, 7) is 9.69. The van der Waals surface area contributed by atoms with Gasteiger partial charge in [-0.2, -0.15) is 0 Å². The van der Waals surface area contributed by atoms with Crippen molar-refractivity contribution in [3.63, 3.8) is 0 Å². The monoisotopic (exact) mass is 289 g/mol. The number of rotatable bonds is 5. The van der Waals surface area contributed by atoms with Crippen LogP contribution in [-0.4, -0.2) is 48.6 Å². The number of benzene rings is 1. The van der Waals surface area contributed by atoms with E-state index in [1.807, 2.05) is 0 Å². The summed E-state index contributed by atoms with van der Waals surface area (Å²) in [5, 5.41) is 0. The van der Waals surface area contributed by atoms with Crippen molar-refractivity contribution in [2.24, 2.45) is 5.73 Å². The van der Waals surface area contributed by atoms with Crippen molar-refractivity contribution >= 4 is 0 Å². The highest BCUT2D eigenvalue weighted by Gasteiger charge is 2.34. The van der Waals surface area contributed by atoms with Crippen molar-refractivity contribution in [3.8, 4) is 0 Å². The van der Waals surface area contributed by atoms with Crippen LogP contribution in [0, 0.1) is 6.92 Å². The fraction of sp³-hybridized carbons (Fsp3) is 0.667. The second-order valence-electron chi connectivity index (χ2n) is 6.56. The zero-order valence-electron chi connectivity index (χ0n) is 13.9. The molecule has 2 rings (SSSR count). The van der Waals surface area contributed by atoms with Crippen LogP contribution in [0.1, 0.15) is 37.3 Å². The van der Waals surface area contributed by atoms with Crippen LogP contribution in [0.4, 0.5) is 0 Å². The van der Waals surface area contributed by atoms with Gasteiger partial charge < -0.3 is 10.6 Å². The lowest BCUT2D eigenvalue weighted by atomic mass is 9.88. The van der Waals surface area contributed by atoms with Gasteiger partial charge in [0.05, 0.1) is 0 Å². The molecular formula is C18H31N3. The van der Waals surface area contributed by atoms with Crippen molar-refractivity contribution < 1.29 is 0 Å². The Morgan fingerprint density at radius 2 is 1.90 bits per heavy atom.